The average molecular weight is 211 g/mol. The molecule has 0 spiro atoms. The number of hydrogen-bond donors (Lipinski definition) is 1. The standard InChI is InChI=1S/C10H17N3S/c1-2-5-8-12-9(14-13-8)10(11)6-3-4-7-10/h2-7,11H2,1H3. The number of aromatic nitrogens is 2. The summed E-state index contributed by atoms with van der Waals surface area (Å²) < 4.78 is 4.35. The predicted molar refractivity (Wildman–Crippen MR) is 58.2 cm³/mol. The van der Waals surface area contributed by atoms with Crippen LogP contribution in [0.2, 0.25) is 0 Å². The second-order valence-corrected chi connectivity index (χ2v) is 4.88. The number of nitrogens with zero attached hydrogens (tertiary/aromatic N) is 2. The predicted octanol–water partition coefficient (Wildman–Crippen LogP) is 2.22. The van der Waals surface area contributed by atoms with Gasteiger partial charge < -0.3 is 5.73 Å². The summed E-state index contributed by atoms with van der Waals surface area (Å²) in [5, 5.41) is 1.05. The lowest BCUT2D eigenvalue weighted by Gasteiger charge is -2.19. The van der Waals surface area contributed by atoms with Gasteiger partial charge in [0.2, 0.25) is 0 Å². The molecule has 1 aromatic heterocycles. The molecule has 0 atom stereocenters. The van der Waals surface area contributed by atoms with E-state index < -0.39 is 0 Å². The first-order valence-corrected chi connectivity index (χ1v) is 6.14. The van der Waals surface area contributed by atoms with Crippen molar-refractivity contribution in [3.63, 3.8) is 0 Å². The topological polar surface area (TPSA) is 51.8 Å². The Bertz CT molecular complexity index is 302. The van der Waals surface area contributed by atoms with Gasteiger partial charge in [-0.2, -0.15) is 4.37 Å². The Morgan fingerprint density at radius 3 is 2.79 bits per heavy atom. The molecule has 1 aromatic rings. The molecule has 1 aliphatic rings. The molecule has 2 N–H and O–H groups in total. The van der Waals surface area contributed by atoms with Gasteiger partial charge in [0.05, 0.1) is 5.54 Å². The van der Waals surface area contributed by atoms with Gasteiger partial charge in [-0.25, -0.2) is 4.98 Å². The van der Waals surface area contributed by atoms with Crippen molar-refractivity contribution < 1.29 is 0 Å². The summed E-state index contributed by atoms with van der Waals surface area (Å²) in [5.41, 5.74) is 6.15. The third kappa shape index (κ3) is 1.81. The Labute approximate surface area is 88.9 Å². The van der Waals surface area contributed by atoms with Gasteiger partial charge in [0.15, 0.2) is 0 Å². The quantitative estimate of drug-likeness (QED) is 0.834. The lowest BCUT2D eigenvalue weighted by molar-refractivity contribution is 0.458. The van der Waals surface area contributed by atoms with Gasteiger partial charge in [0, 0.05) is 6.42 Å². The van der Waals surface area contributed by atoms with E-state index in [-0.39, 0.29) is 5.54 Å². The summed E-state index contributed by atoms with van der Waals surface area (Å²) in [5.74, 6) is 0.976. The van der Waals surface area contributed by atoms with Gasteiger partial charge >= 0.3 is 0 Å². The van der Waals surface area contributed by atoms with Gasteiger partial charge in [-0.05, 0) is 30.8 Å². The zero-order chi connectivity index (χ0) is 10.0. The van der Waals surface area contributed by atoms with Crippen molar-refractivity contribution in [2.75, 3.05) is 0 Å². The number of rotatable bonds is 3. The molecule has 0 unspecified atom stereocenters. The van der Waals surface area contributed by atoms with Crippen LogP contribution < -0.4 is 5.73 Å². The second kappa shape index (κ2) is 3.95. The van der Waals surface area contributed by atoms with Crippen molar-refractivity contribution in [2.45, 2.75) is 51.0 Å². The highest BCUT2D eigenvalue weighted by Crippen LogP contribution is 2.36. The maximum absolute atomic E-state index is 6.30. The Hall–Kier alpha value is -0.480. The minimum Gasteiger partial charge on any atom is -0.319 e. The van der Waals surface area contributed by atoms with Crippen molar-refractivity contribution in [2.24, 2.45) is 5.73 Å². The minimum absolute atomic E-state index is 0.149. The van der Waals surface area contributed by atoms with Gasteiger partial charge in [-0.15, -0.1) is 0 Å². The van der Waals surface area contributed by atoms with E-state index in [9.17, 15) is 0 Å². The summed E-state index contributed by atoms with van der Waals surface area (Å²) in [4.78, 5) is 4.54. The van der Waals surface area contributed by atoms with Crippen LogP contribution in [0.4, 0.5) is 0 Å². The molecule has 1 heterocycles. The van der Waals surface area contributed by atoms with Crippen LogP contribution >= 0.6 is 11.5 Å². The molecule has 3 nitrogen and oxygen atoms in total. The number of nitrogens with two attached hydrogens (primary N) is 1. The molecular formula is C10H17N3S. The van der Waals surface area contributed by atoms with Crippen LogP contribution in [0.1, 0.15) is 49.9 Å². The molecule has 1 aliphatic carbocycles. The van der Waals surface area contributed by atoms with Crippen LogP contribution in [-0.2, 0) is 12.0 Å². The van der Waals surface area contributed by atoms with E-state index in [0.29, 0.717) is 0 Å². The molecule has 1 saturated carbocycles. The molecule has 0 saturated heterocycles. The van der Waals surface area contributed by atoms with Crippen molar-refractivity contribution in [3.05, 3.63) is 10.8 Å². The van der Waals surface area contributed by atoms with E-state index >= 15 is 0 Å². The highest BCUT2D eigenvalue weighted by molar-refractivity contribution is 7.05. The van der Waals surface area contributed by atoms with E-state index in [1.807, 2.05) is 0 Å². The van der Waals surface area contributed by atoms with E-state index in [4.69, 9.17) is 5.73 Å². The molecule has 0 aromatic carbocycles. The van der Waals surface area contributed by atoms with Crippen molar-refractivity contribution in [1.29, 1.82) is 0 Å². The SMILES string of the molecule is CCCc1nsc(C2(N)CCCC2)n1. The van der Waals surface area contributed by atoms with Crippen LogP contribution in [0.15, 0.2) is 0 Å². The van der Waals surface area contributed by atoms with Crippen LogP contribution in [-0.4, -0.2) is 9.36 Å². The lowest BCUT2D eigenvalue weighted by Crippen LogP contribution is -2.32. The largest absolute Gasteiger partial charge is 0.319 e. The Morgan fingerprint density at radius 2 is 2.14 bits per heavy atom. The van der Waals surface area contributed by atoms with Gasteiger partial charge in [0.1, 0.15) is 10.8 Å². The van der Waals surface area contributed by atoms with Gasteiger partial charge in [0.25, 0.3) is 0 Å². The fraction of sp³-hybridized carbons (Fsp3) is 0.800. The van der Waals surface area contributed by atoms with E-state index in [1.54, 1.807) is 0 Å². The lowest BCUT2D eigenvalue weighted by atomic mass is 10.0. The zero-order valence-electron chi connectivity index (χ0n) is 8.62. The summed E-state index contributed by atoms with van der Waals surface area (Å²) in [6.07, 6.45) is 6.71. The molecule has 78 valence electrons. The van der Waals surface area contributed by atoms with Gasteiger partial charge in [-0.1, -0.05) is 19.8 Å². The van der Waals surface area contributed by atoms with E-state index in [2.05, 4.69) is 16.3 Å². The molecule has 1 fully saturated rings. The molecule has 4 heteroatoms. The summed E-state index contributed by atoms with van der Waals surface area (Å²) >= 11 is 1.50. The highest BCUT2D eigenvalue weighted by Gasteiger charge is 2.34. The van der Waals surface area contributed by atoms with Crippen molar-refractivity contribution in [1.82, 2.24) is 9.36 Å². The molecular weight excluding hydrogens is 194 g/mol. The number of hydrogen-bond acceptors (Lipinski definition) is 4. The first kappa shape index (κ1) is 10.1. The zero-order valence-corrected chi connectivity index (χ0v) is 9.44. The number of aryl methyl sites for hydroxylation is 1. The van der Waals surface area contributed by atoms with Crippen LogP contribution in [0.5, 0.6) is 0 Å². The fourth-order valence-electron chi connectivity index (χ4n) is 2.00. The third-order valence-corrected chi connectivity index (χ3v) is 3.84. The normalized spacial score (nSPS) is 20.1. The summed E-state index contributed by atoms with van der Waals surface area (Å²) in [6, 6.07) is 0. The van der Waals surface area contributed by atoms with Crippen molar-refractivity contribution >= 4 is 11.5 Å². The third-order valence-electron chi connectivity index (χ3n) is 2.86. The fourth-order valence-corrected chi connectivity index (χ4v) is 2.86. The van der Waals surface area contributed by atoms with Crippen molar-refractivity contribution in [3.8, 4) is 0 Å². The van der Waals surface area contributed by atoms with Crippen LogP contribution in [0.3, 0.4) is 0 Å². The Morgan fingerprint density at radius 1 is 1.43 bits per heavy atom. The summed E-state index contributed by atoms with van der Waals surface area (Å²) in [7, 11) is 0. The Balaban J connectivity index is 2.15. The first-order chi connectivity index (χ1) is 6.74. The maximum Gasteiger partial charge on any atom is 0.142 e. The van der Waals surface area contributed by atoms with Crippen LogP contribution in [0, 0.1) is 0 Å². The highest BCUT2D eigenvalue weighted by atomic mass is 32.1. The summed E-state index contributed by atoms with van der Waals surface area (Å²) in [6.45, 7) is 2.15. The van der Waals surface area contributed by atoms with Gasteiger partial charge in [-0.3, -0.25) is 0 Å². The minimum atomic E-state index is -0.149. The molecule has 14 heavy (non-hydrogen) atoms. The molecule has 0 radical (unpaired) electrons. The molecule has 0 aliphatic heterocycles. The Kier molecular flexibility index (Phi) is 2.83. The average Bonchev–Trinajstić information content (AvgIpc) is 2.75. The maximum atomic E-state index is 6.30. The van der Waals surface area contributed by atoms with E-state index in [0.717, 1.165) is 36.5 Å². The smallest absolute Gasteiger partial charge is 0.142 e. The second-order valence-electron chi connectivity index (χ2n) is 4.13. The molecule has 0 bridgehead atoms. The monoisotopic (exact) mass is 211 g/mol. The van der Waals surface area contributed by atoms with E-state index in [1.165, 1.54) is 24.4 Å². The molecule has 2 rings (SSSR count). The molecule has 0 amide bonds. The van der Waals surface area contributed by atoms with Crippen LogP contribution in [0.25, 0.3) is 0 Å². The first-order valence-electron chi connectivity index (χ1n) is 5.36.